The van der Waals surface area contributed by atoms with E-state index in [9.17, 15) is 4.79 Å². The van der Waals surface area contributed by atoms with Crippen molar-refractivity contribution in [1.82, 2.24) is 19.7 Å². The predicted octanol–water partition coefficient (Wildman–Crippen LogP) is 4.54. The van der Waals surface area contributed by atoms with Crippen LogP contribution in [0.3, 0.4) is 0 Å². The molecule has 0 spiro atoms. The van der Waals surface area contributed by atoms with Crippen molar-refractivity contribution in [3.05, 3.63) is 71.5 Å². The lowest BCUT2D eigenvalue weighted by Crippen LogP contribution is -2.06. The molecule has 0 aliphatic rings. The molecule has 3 aromatic rings. The number of hydrogen-bond donors (Lipinski definition) is 0. The summed E-state index contributed by atoms with van der Waals surface area (Å²) in [6.07, 6.45) is 3.43. The third kappa shape index (κ3) is 4.39. The van der Waals surface area contributed by atoms with Crippen molar-refractivity contribution in [3.63, 3.8) is 0 Å². The second-order valence-electron chi connectivity index (χ2n) is 5.80. The molecule has 0 aliphatic carbocycles. The van der Waals surface area contributed by atoms with Crippen LogP contribution in [0.4, 0.5) is 0 Å². The Morgan fingerprint density at radius 2 is 1.85 bits per heavy atom. The fourth-order valence-corrected chi connectivity index (χ4v) is 3.33. The highest BCUT2D eigenvalue weighted by Crippen LogP contribution is 2.25. The molecule has 0 atom stereocenters. The highest BCUT2D eigenvalue weighted by Gasteiger charge is 2.16. The van der Waals surface area contributed by atoms with Crippen LogP contribution in [0.25, 0.3) is 11.4 Å². The standard InChI is InChI=1S/C19H17ClN4OS/c1-13(2)11-24-18(15-7-9-21-10-8-15)22-23-19(24)26-12-17(25)14-3-5-16(20)6-4-14/h3-10H,1,11-12H2,2H3. The first-order chi connectivity index (χ1) is 12.5. The molecule has 0 radical (unpaired) electrons. The first-order valence-electron chi connectivity index (χ1n) is 7.94. The molecule has 0 unspecified atom stereocenters. The zero-order chi connectivity index (χ0) is 18.5. The average molecular weight is 385 g/mol. The van der Waals surface area contributed by atoms with E-state index in [0.717, 1.165) is 17.0 Å². The van der Waals surface area contributed by atoms with Crippen molar-refractivity contribution in [2.75, 3.05) is 5.75 Å². The summed E-state index contributed by atoms with van der Waals surface area (Å²) in [6, 6.07) is 10.6. The highest BCUT2D eigenvalue weighted by molar-refractivity contribution is 7.99. The number of ketones is 1. The maximum Gasteiger partial charge on any atom is 0.192 e. The van der Waals surface area contributed by atoms with Crippen LogP contribution >= 0.6 is 23.4 Å². The quantitative estimate of drug-likeness (QED) is 0.340. The van der Waals surface area contributed by atoms with Gasteiger partial charge in [0.2, 0.25) is 0 Å². The lowest BCUT2D eigenvalue weighted by Gasteiger charge is -2.09. The number of rotatable bonds is 7. The largest absolute Gasteiger partial charge is 0.298 e. The van der Waals surface area contributed by atoms with Crippen molar-refractivity contribution >= 4 is 29.1 Å². The summed E-state index contributed by atoms with van der Waals surface area (Å²) in [7, 11) is 0. The SMILES string of the molecule is C=C(C)Cn1c(SCC(=O)c2ccc(Cl)cc2)nnc1-c1ccncc1. The van der Waals surface area contributed by atoms with Crippen molar-refractivity contribution in [2.45, 2.75) is 18.6 Å². The topological polar surface area (TPSA) is 60.7 Å². The molecular weight excluding hydrogens is 368 g/mol. The van der Waals surface area contributed by atoms with Crippen LogP contribution in [0.2, 0.25) is 5.02 Å². The predicted molar refractivity (Wildman–Crippen MR) is 105 cm³/mol. The summed E-state index contributed by atoms with van der Waals surface area (Å²) in [5.74, 6) is 1.02. The van der Waals surface area contributed by atoms with E-state index in [1.54, 1.807) is 36.7 Å². The first-order valence-corrected chi connectivity index (χ1v) is 9.30. The third-order valence-corrected chi connectivity index (χ3v) is 4.80. The van der Waals surface area contributed by atoms with Gasteiger partial charge in [0.15, 0.2) is 16.8 Å². The van der Waals surface area contributed by atoms with Crippen LogP contribution in [0, 0.1) is 0 Å². The Balaban J connectivity index is 1.81. The molecule has 26 heavy (non-hydrogen) atoms. The van der Waals surface area contributed by atoms with E-state index < -0.39 is 0 Å². The van der Waals surface area contributed by atoms with Gasteiger partial charge in [-0.2, -0.15) is 0 Å². The van der Waals surface area contributed by atoms with Gasteiger partial charge >= 0.3 is 0 Å². The van der Waals surface area contributed by atoms with Gasteiger partial charge in [0, 0.05) is 35.1 Å². The minimum Gasteiger partial charge on any atom is -0.298 e. The molecule has 7 heteroatoms. The number of Topliss-reactive ketones (excluding diaryl/α,β-unsaturated/α-hetero) is 1. The Kier molecular flexibility index (Phi) is 5.85. The van der Waals surface area contributed by atoms with E-state index in [1.165, 1.54) is 11.8 Å². The Labute approximate surface area is 161 Å². The maximum absolute atomic E-state index is 12.4. The Hall–Kier alpha value is -2.44. The summed E-state index contributed by atoms with van der Waals surface area (Å²) in [6.45, 7) is 6.51. The maximum atomic E-state index is 12.4. The monoisotopic (exact) mass is 384 g/mol. The molecule has 0 saturated heterocycles. The molecule has 3 rings (SSSR count). The molecule has 0 N–H and O–H groups in total. The van der Waals surface area contributed by atoms with Crippen LogP contribution < -0.4 is 0 Å². The van der Waals surface area contributed by atoms with Crippen molar-refractivity contribution in [2.24, 2.45) is 0 Å². The Bertz CT molecular complexity index is 922. The van der Waals surface area contributed by atoms with E-state index in [0.29, 0.717) is 22.3 Å². The van der Waals surface area contributed by atoms with Crippen molar-refractivity contribution in [1.29, 1.82) is 0 Å². The van der Waals surface area contributed by atoms with Gasteiger partial charge in [-0.1, -0.05) is 35.5 Å². The summed E-state index contributed by atoms with van der Waals surface area (Å²) in [5, 5.41) is 9.85. The lowest BCUT2D eigenvalue weighted by molar-refractivity contribution is 0.102. The van der Waals surface area contributed by atoms with Gasteiger partial charge in [0.05, 0.1) is 5.75 Å². The van der Waals surface area contributed by atoms with E-state index >= 15 is 0 Å². The summed E-state index contributed by atoms with van der Waals surface area (Å²) in [5.41, 5.74) is 2.53. The van der Waals surface area contributed by atoms with Gasteiger partial charge in [-0.3, -0.25) is 14.3 Å². The average Bonchev–Trinajstić information content (AvgIpc) is 3.03. The fraction of sp³-hybridized carbons (Fsp3) is 0.158. The molecule has 132 valence electrons. The number of aromatic nitrogens is 4. The number of hydrogen-bond acceptors (Lipinski definition) is 5. The van der Waals surface area contributed by atoms with Crippen LogP contribution in [-0.2, 0) is 6.54 Å². The number of allylic oxidation sites excluding steroid dienone is 1. The molecule has 5 nitrogen and oxygen atoms in total. The number of halogens is 1. The second kappa shape index (κ2) is 8.29. The number of carbonyl (C=O) groups is 1. The van der Waals surface area contributed by atoms with Gasteiger partial charge in [-0.15, -0.1) is 10.2 Å². The molecule has 0 amide bonds. The van der Waals surface area contributed by atoms with Gasteiger partial charge in [-0.25, -0.2) is 0 Å². The smallest absolute Gasteiger partial charge is 0.192 e. The fourth-order valence-electron chi connectivity index (χ4n) is 2.37. The molecule has 2 heterocycles. The first kappa shape index (κ1) is 18.4. The minimum atomic E-state index is 0.0157. The van der Waals surface area contributed by atoms with E-state index in [4.69, 9.17) is 11.6 Å². The molecule has 2 aromatic heterocycles. The molecule has 0 fully saturated rings. The number of pyridine rings is 1. The van der Waals surface area contributed by atoms with Gasteiger partial charge < -0.3 is 0 Å². The van der Waals surface area contributed by atoms with Gasteiger partial charge in [-0.05, 0) is 43.3 Å². The Morgan fingerprint density at radius 3 is 2.50 bits per heavy atom. The Morgan fingerprint density at radius 1 is 1.15 bits per heavy atom. The summed E-state index contributed by atoms with van der Waals surface area (Å²) < 4.78 is 1.97. The van der Waals surface area contributed by atoms with Crippen LogP contribution in [0.15, 0.2) is 66.1 Å². The molecule has 0 aliphatic heterocycles. The molecular formula is C19H17ClN4OS. The highest BCUT2D eigenvalue weighted by atomic mass is 35.5. The molecule has 1 aromatic carbocycles. The third-order valence-electron chi connectivity index (χ3n) is 3.58. The van der Waals surface area contributed by atoms with E-state index in [2.05, 4.69) is 21.8 Å². The van der Waals surface area contributed by atoms with Crippen LogP contribution in [0.1, 0.15) is 17.3 Å². The number of thioether (sulfide) groups is 1. The van der Waals surface area contributed by atoms with Crippen molar-refractivity contribution < 1.29 is 4.79 Å². The van der Waals surface area contributed by atoms with Crippen molar-refractivity contribution in [3.8, 4) is 11.4 Å². The molecule has 0 bridgehead atoms. The normalized spacial score (nSPS) is 10.7. The zero-order valence-corrected chi connectivity index (χ0v) is 15.8. The lowest BCUT2D eigenvalue weighted by atomic mass is 10.1. The molecule has 0 saturated carbocycles. The minimum absolute atomic E-state index is 0.0157. The zero-order valence-electron chi connectivity index (χ0n) is 14.2. The van der Waals surface area contributed by atoms with Gasteiger partial charge in [0.25, 0.3) is 0 Å². The second-order valence-corrected chi connectivity index (χ2v) is 7.18. The summed E-state index contributed by atoms with van der Waals surface area (Å²) >= 11 is 7.23. The number of benzene rings is 1. The number of nitrogens with zero attached hydrogens (tertiary/aromatic N) is 4. The van der Waals surface area contributed by atoms with E-state index in [-0.39, 0.29) is 11.5 Å². The van der Waals surface area contributed by atoms with E-state index in [1.807, 2.05) is 23.6 Å². The number of carbonyl (C=O) groups excluding carboxylic acids is 1. The van der Waals surface area contributed by atoms with Gasteiger partial charge in [0.1, 0.15) is 0 Å². The van der Waals surface area contributed by atoms with Crippen LogP contribution in [0.5, 0.6) is 0 Å². The summed E-state index contributed by atoms with van der Waals surface area (Å²) in [4.78, 5) is 16.4. The van der Waals surface area contributed by atoms with Crippen LogP contribution in [-0.4, -0.2) is 31.3 Å².